The van der Waals surface area contributed by atoms with Gasteiger partial charge >= 0.3 is 0 Å². The Morgan fingerprint density at radius 3 is 3.00 bits per heavy atom. The molecule has 0 saturated heterocycles. The van der Waals surface area contributed by atoms with E-state index >= 15 is 0 Å². The summed E-state index contributed by atoms with van der Waals surface area (Å²) in [5, 5.41) is 16.3. The van der Waals surface area contributed by atoms with Crippen LogP contribution in [0.15, 0.2) is 12.4 Å². The standard InChI is InChI=1S/C12H16N6O/c1-6(8-4-14-15-5-8)16-12(19)11-9(13)10(17-18-11)7-2-3-7/h4-7H,2-3,13H2,1H3,(H,14,15)(H,16,19)(H,17,18). The Bertz CT molecular complexity index is 583. The van der Waals surface area contributed by atoms with Gasteiger partial charge in [-0.25, -0.2) is 0 Å². The molecule has 0 bridgehead atoms. The molecule has 0 aromatic carbocycles. The maximum atomic E-state index is 12.1. The third-order valence-corrected chi connectivity index (χ3v) is 3.40. The van der Waals surface area contributed by atoms with Crippen molar-refractivity contribution in [1.29, 1.82) is 0 Å². The summed E-state index contributed by atoms with van der Waals surface area (Å²) in [7, 11) is 0. The zero-order chi connectivity index (χ0) is 13.4. The van der Waals surface area contributed by atoms with Crippen LogP contribution in [-0.2, 0) is 0 Å². The highest BCUT2D eigenvalue weighted by Gasteiger charge is 2.30. The van der Waals surface area contributed by atoms with Crippen molar-refractivity contribution in [2.45, 2.75) is 31.7 Å². The topological polar surface area (TPSA) is 112 Å². The van der Waals surface area contributed by atoms with Crippen LogP contribution in [-0.4, -0.2) is 26.3 Å². The van der Waals surface area contributed by atoms with Crippen molar-refractivity contribution < 1.29 is 4.79 Å². The molecule has 1 unspecified atom stereocenters. The number of aromatic nitrogens is 4. The molecule has 2 heterocycles. The molecule has 0 aliphatic heterocycles. The monoisotopic (exact) mass is 260 g/mol. The molecule has 1 atom stereocenters. The van der Waals surface area contributed by atoms with Crippen molar-refractivity contribution in [3.05, 3.63) is 29.3 Å². The Labute approximate surface area is 110 Å². The lowest BCUT2D eigenvalue weighted by molar-refractivity contribution is 0.0935. The van der Waals surface area contributed by atoms with Crippen LogP contribution in [0, 0.1) is 0 Å². The Hall–Kier alpha value is -2.31. The van der Waals surface area contributed by atoms with E-state index < -0.39 is 0 Å². The second kappa shape index (κ2) is 4.42. The largest absolute Gasteiger partial charge is 0.395 e. The van der Waals surface area contributed by atoms with Gasteiger partial charge in [-0.2, -0.15) is 10.2 Å². The third-order valence-electron chi connectivity index (χ3n) is 3.40. The van der Waals surface area contributed by atoms with Crippen LogP contribution in [0.2, 0.25) is 0 Å². The number of carbonyl (C=O) groups is 1. The first-order valence-electron chi connectivity index (χ1n) is 6.30. The molecule has 1 aliphatic rings. The molecule has 1 amide bonds. The number of aromatic amines is 2. The zero-order valence-corrected chi connectivity index (χ0v) is 10.6. The van der Waals surface area contributed by atoms with Crippen LogP contribution in [0.1, 0.15) is 53.5 Å². The van der Waals surface area contributed by atoms with E-state index in [1.54, 1.807) is 12.4 Å². The first-order chi connectivity index (χ1) is 9.16. The molecule has 19 heavy (non-hydrogen) atoms. The number of nitrogens with zero attached hydrogens (tertiary/aromatic N) is 2. The van der Waals surface area contributed by atoms with Crippen molar-refractivity contribution in [3.8, 4) is 0 Å². The van der Waals surface area contributed by atoms with Crippen LogP contribution in [0.25, 0.3) is 0 Å². The predicted octanol–water partition coefficient (Wildman–Crippen LogP) is 1.08. The summed E-state index contributed by atoms with van der Waals surface area (Å²) in [6.07, 6.45) is 5.64. The van der Waals surface area contributed by atoms with Crippen molar-refractivity contribution in [1.82, 2.24) is 25.7 Å². The number of anilines is 1. The summed E-state index contributed by atoms with van der Waals surface area (Å²) in [6.45, 7) is 1.88. The molecule has 7 nitrogen and oxygen atoms in total. The molecule has 0 radical (unpaired) electrons. The highest BCUT2D eigenvalue weighted by Crippen LogP contribution is 2.42. The number of H-pyrrole nitrogens is 2. The first-order valence-corrected chi connectivity index (χ1v) is 6.30. The molecule has 3 rings (SSSR count). The van der Waals surface area contributed by atoms with E-state index in [1.807, 2.05) is 6.92 Å². The third kappa shape index (κ3) is 2.18. The number of hydrogen-bond acceptors (Lipinski definition) is 4. The van der Waals surface area contributed by atoms with Crippen molar-refractivity contribution in [2.75, 3.05) is 5.73 Å². The Morgan fingerprint density at radius 2 is 2.37 bits per heavy atom. The number of hydrogen-bond donors (Lipinski definition) is 4. The van der Waals surface area contributed by atoms with Crippen LogP contribution >= 0.6 is 0 Å². The summed E-state index contributed by atoms with van der Waals surface area (Å²) in [6, 6.07) is -0.147. The van der Waals surface area contributed by atoms with Crippen LogP contribution < -0.4 is 11.1 Å². The molecule has 7 heteroatoms. The molecule has 1 saturated carbocycles. The first kappa shape index (κ1) is 11.8. The molecular formula is C12H16N6O. The Morgan fingerprint density at radius 1 is 1.58 bits per heavy atom. The van der Waals surface area contributed by atoms with E-state index in [9.17, 15) is 4.79 Å². The molecule has 1 fully saturated rings. The lowest BCUT2D eigenvalue weighted by Gasteiger charge is -2.10. The highest BCUT2D eigenvalue weighted by molar-refractivity contribution is 5.97. The minimum Gasteiger partial charge on any atom is -0.395 e. The van der Waals surface area contributed by atoms with E-state index in [2.05, 4.69) is 25.7 Å². The van der Waals surface area contributed by atoms with Gasteiger partial charge in [-0.3, -0.25) is 15.0 Å². The SMILES string of the molecule is CC(NC(=O)c1n[nH]c(C2CC2)c1N)c1cn[nH]c1. The summed E-state index contributed by atoms with van der Waals surface area (Å²) in [5.74, 6) is 0.176. The second-order valence-corrected chi connectivity index (χ2v) is 4.90. The number of amides is 1. The molecular weight excluding hydrogens is 244 g/mol. The molecule has 5 N–H and O–H groups in total. The molecule has 100 valence electrons. The van der Waals surface area contributed by atoms with Gasteiger partial charge in [0.15, 0.2) is 5.69 Å². The molecule has 2 aromatic heterocycles. The summed E-state index contributed by atoms with van der Waals surface area (Å²) < 4.78 is 0. The van der Waals surface area contributed by atoms with Crippen molar-refractivity contribution in [2.24, 2.45) is 0 Å². The van der Waals surface area contributed by atoms with Gasteiger partial charge in [0.25, 0.3) is 5.91 Å². The number of nitrogens with two attached hydrogens (primary N) is 1. The van der Waals surface area contributed by atoms with Gasteiger partial charge < -0.3 is 11.1 Å². The second-order valence-electron chi connectivity index (χ2n) is 4.90. The summed E-state index contributed by atoms with van der Waals surface area (Å²) in [4.78, 5) is 12.1. The van der Waals surface area contributed by atoms with Gasteiger partial charge in [0.2, 0.25) is 0 Å². The van der Waals surface area contributed by atoms with Gasteiger partial charge in [0.05, 0.1) is 23.6 Å². The van der Waals surface area contributed by atoms with Gasteiger partial charge in [0.1, 0.15) is 0 Å². The van der Waals surface area contributed by atoms with Crippen LogP contribution in [0.5, 0.6) is 0 Å². The van der Waals surface area contributed by atoms with E-state index in [1.165, 1.54) is 0 Å². The minimum absolute atomic E-state index is 0.147. The molecule has 1 aliphatic carbocycles. The molecule has 0 spiro atoms. The summed E-state index contributed by atoms with van der Waals surface area (Å²) in [5.41, 5.74) is 8.51. The summed E-state index contributed by atoms with van der Waals surface area (Å²) >= 11 is 0. The average Bonchev–Trinajstić information content (AvgIpc) is 2.92. The Kier molecular flexibility index (Phi) is 2.73. The number of carbonyl (C=O) groups excluding carboxylic acids is 1. The number of nitrogen functional groups attached to an aromatic ring is 1. The van der Waals surface area contributed by atoms with E-state index in [0.29, 0.717) is 11.6 Å². The van der Waals surface area contributed by atoms with Gasteiger partial charge in [-0.05, 0) is 19.8 Å². The fourth-order valence-corrected chi connectivity index (χ4v) is 2.07. The quantitative estimate of drug-likeness (QED) is 0.659. The van der Waals surface area contributed by atoms with Crippen LogP contribution in [0.3, 0.4) is 0 Å². The lowest BCUT2D eigenvalue weighted by Crippen LogP contribution is -2.27. The molecule has 2 aromatic rings. The van der Waals surface area contributed by atoms with Crippen LogP contribution in [0.4, 0.5) is 5.69 Å². The number of rotatable bonds is 4. The maximum absolute atomic E-state index is 12.1. The average molecular weight is 260 g/mol. The van der Waals surface area contributed by atoms with E-state index in [-0.39, 0.29) is 17.6 Å². The van der Waals surface area contributed by atoms with Crippen molar-refractivity contribution >= 4 is 11.6 Å². The zero-order valence-electron chi connectivity index (χ0n) is 10.6. The van der Waals surface area contributed by atoms with E-state index in [0.717, 1.165) is 24.1 Å². The fourth-order valence-electron chi connectivity index (χ4n) is 2.07. The smallest absolute Gasteiger partial charge is 0.274 e. The Balaban J connectivity index is 1.73. The number of nitrogens with one attached hydrogen (secondary N) is 3. The highest BCUT2D eigenvalue weighted by atomic mass is 16.2. The van der Waals surface area contributed by atoms with Gasteiger partial charge in [-0.15, -0.1) is 0 Å². The van der Waals surface area contributed by atoms with Gasteiger partial charge in [0, 0.05) is 17.7 Å². The fraction of sp³-hybridized carbons (Fsp3) is 0.417. The lowest BCUT2D eigenvalue weighted by atomic mass is 10.1. The minimum atomic E-state index is -0.269. The van der Waals surface area contributed by atoms with Crippen molar-refractivity contribution in [3.63, 3.8) is 0 Å². The normalized spacial score (nSPS) is 16.3. The maximum Gasteiger partial charge on any atom is 0.274 e. The van der Waals surface area contributed by atoms with Gasteiger partial charge in [-0.1, -0.05) is 0 Å². The van der Waals surface area contributed by atoms with E-state index in [4.69, 9.17) is 5.73 Å². The predicted molar refractivity (Wildman–Crippen MR) is 69.4 cm³/mol.